The summed E-state index contributed by atoms with van der Waals surface area (Å²) in [6.07, 6.45) is 0.127. The van der Waals surface area contributed by atoms with Crippen molar-refractivity contribution in [3.8, 4) is 39.4 Å². The molecule has 11 heteroatoms. The summed E-state index contributed by atoms with van der Waals surface area (Å²) in [6.45, 7) is 1.96. The van der Waals surface area contributed by atoms with Gasteiger partial charge in [0.15, 0.2) is 23.3 Å². The molecule has 0 fully saturated rings. The van der Waals surface area contributed by atoms with Crippen molar-refractivity contribution in [2.24, 2.45) is 0 Å². The van der Waals surface area contributed by atoms with Gasteiger partial charge in [-0.25, -0.2) is 36.3 Å². The molecule has 0 radical (unpaired) electrons. The average molecular weight is 601 g/mol. The van der Waals surface area contributed by atoms with Crippen LogP contribution in [0, 0.1) is 34.9 Å². The highest BCUT2D eigenvalue weighted by molar-refractivity contribution is 5.71. The Kier molecular flexibility index (Phi) is 8.16. The lowest BCUT2D eigenvalue weighted by Crippen LogP contribution is -2.25. The van der Waals surface area contributed by atoms with Gasteiger partial charge in [0.1, 0.15) is 28.8 Å². The third-order valence-electron chi connectivity index (χ3n) is 6.53. The number of nitrogens with zero attached hydrogens (tertiary/aromatic N) is 2. The van der Waals surface area contributed by atoms with Crippen LogP contribution in [-0.4, -0.2) is 9.97 Å². The van der Waals surface area contributed by atoms with Gasteiger partial charge >= 0.3 is 6.11 Å². The quantitative estimate of drug-likeness (QED) is 0.132. The maximum absolute atomic E-state index is 14.9. The minimum atomic E-state index is -4.41. The van der Waals surface area contributed by atoms with Gasteiger partial charge in [0.2, 0.25) is 0 Å². The van der Waals surface area contributed by atoms with Crippen LogP contribution in [0.5, 0.6) is 5.75 Å². The van der Waals surface area contributed by atoms with E-state index in [0.29, 0.717) is 36.2 Å². The Hall–Kier alpha value is -4.80. The van der Waals surface area contributed by atoms with E-state index in [9.17, 15) is 35.1 Å². The zero-order valence-corrected chi connectivity index (χ0v) is 22.2. The normalized spacial score (nSPS) is 11.6. The predicted molar refractivity (Wildman–Crippen MR) is 143 cm³/mol. The van der Waals surface area contributed by atoms with Crippen LogP contribution in [0.15, 0.2) is 79.1 Å². The van der Waals surface area contributed by atoms with Crippen molar-refractivity contribution in [2.45, 2.75) is 25.9 Å². The smallest absolute Gasteiger partial charge is 0.429 e. The van der Waals surface area contributed by atoms with Gasteiger partial charge < -0.3 is 4.74 Å². The Bertz CT molecular complexity index is 1750. The fourth-order valence-corrected chi connectivity index (χ4v) is 4.46. The van der Waals surface area contributed by atoms with Gasteiger partial charge in [-0.3, -0.25) is 0 Å². The molecule has 5 rings (SSSR count). The monoisotopic (exact) mass is 600 g/mol. The zero-order chi connectivity index (χ0) is 30.9. The molecule has 4 aromatic carbocycles. The van der Waals surface area contributed by atoms with Crippen LogP contribution in [0.25, 0.3) is 33.6 Å². The molecular weight excluding hydrogens is 580 g/mol. The van der Waals surface area contributed by atoms with Gasteiger partial charge in [0, 0.05) is 23.5 Å². The third kappa shape index (κ3) is 6.20. The van der Waals surface area contributed by atoms with E-state index in [1.807, 2.05) is 6.92 Å². The lowest BCUT2D eigenvalue weighted by atomic mass is 9.99. The van der Waals surface area contributed by atoms with E-state index in [1.54, 1.807) is 0 Å². The molecule has 1 heterocycles. The summed E-state index contributed by atoms with van der Waals surface area (Å²) in [5.41, 5.74) is -0.739. The largest absolute Gasteiger partial charge is 0.432 e. The minimum absolute atomic E-state index is 0.0366. The van der Waals surface area contributed by atoms with E-state index in [-0.39, 0.29) is 28.1 Å². The number of benzene rings is 4. The maximum Gasteiger partial charge on any atom is 0.432 e. The van der Waals surface area contributed by atoms with E-state index in [2.05, 4.69) is 14.7 Å². The van der Waals surface area contributed by atoms with E-state index in [0.717, 1.165) is 30.2 Å². The van der Waals surface area contributed by atoms with Crippen molar-refractivity contribution in [1.82, 2.24) is 9.97 Å². The van der Waals surface area contributed by atoms with Crippen LogP contribution in [0.4, 0.5) is 35.1 Å². The standard InChI is InChI=1S/C32H20F8N2O/c1-2-3-17-15-41-31(42-16-17)21-13-25(34)29(26(35)14-21)32(39,40)43-22-7-4-18(5-8-22)19-6-9-23(24(33)10-19)20-11-27(36)30(38)28(37)12-20/h4-16H,2-3H2,1H3. The van der Waals surface area contributed by atoms with Crippen LogP contribution < -0.4 is 4.74 Å². The van der Waals surface area contributed by atoms with Crippen molar-refractivity contribution in [3.05, 3.63) is 125 Å². The molecule has 220 valence electrons. The highest BCUT2D eigenvalue weighted by Crippen LogP contribution is 2.37. The number of ether oxygens (including phenoxy) is 1. The van der Waals surface area contributed by atoms with Gasteiger partial charge in [0.25, 0.3) is 0 Å². The number of alkyl halides is 2. The Labute approximate surface area is 240 Å². The summed E-state index contributed by atoms with van der Waals surface area (Å²) in [5, 5.41) is 0. The molecule has 0 aliphatic rings. The van der Waals surface area contributed by atoms with E-state index < -0.39 is 52.3 Å². The number of aromatic nitrogens is 2. The molecular formula is C32H20F8N2O. The van der Waals surface area contributed by atoms with E-state index >= 15 is 0 Å². The molecule has 0 atom stereocenters. The Morgan fingerprint density at radius 1 is 0.628 bits per heavy atom. The number of hydrogen-bond donors (Lipinski definition) is 0. The van der Waals surface area contributed by atoms with E-state index in [4.69, 9.17) is 0 Å². The van der Waals surface area contributed by atoms with Gasteiger partial charge in [0.05, 0.1) is 0 Å². The average Bonchev–Trinajstić information content (AvgIpc) is 2.96. The van der Waals surface area contributed by atoms with Crippen LogP contribution in [0.1, 0.15) is 24.5 Å². The zero-order valence-electron chi connectivity index (χ0n) is 22.2. The summed E-state index contributed by atoms with van der Waals surface area (Å²) in [7, 11) is 0. The second-order valence-corrected chi connectivity index (χ2v) is 9.57. The highest BCUT2D eigenvalue weighted by atomic mass is 19.3. The Morgan fingerprint density at radius 2 is 1.16 bits per heavy atom. The SMILES string of the molecule is CCCc1cnc(-c2cc(F)c(C(F)(F)Oc3ccc(-c4ccc(-c5cc(F)c(F)c(F)c5)c(F)c4)cc3)c(F)c2)nc1. The molecule has 0 N–H and O–H groups in total. The van der Waals surface area contributed by atoms with Gasteiger partial charge in [-0.1, -0.05) is 37.6 Å². The van der Waals surface area contributed by atoms with Crippen LogP contribution >= 0.6 is 0 Å². The summed E-state index contributed by atoms with van der Waals surface area (Å²) in [4.78, 5) is 8.10. The van der Waals surface area contributed by atoms with Crippen molar-refractivity contribution in [3.63, 3.8) is 0 Å². The van der Waals surface area contributed by atoms with Crippen LogP contribution in [0.2, 0.25) is 0 Å². The van der Waals surface area contributed by atoms with Gasteiger partial charge in [-0.2, -0.15) is 8.78 Å². The van der Waals surface area contributed by atoms with Crippen LogP contribution in [0.3, 0.4) is 0 Å². The van der Waals surface area contributed by atoms with Crippen molar-refractivity contribution >= 4 is 0 Å². The lowest BCUT2D eigenvalue weighted by Gasteiger charge is -2.20. The second-order valence-electron chi connectivity index (χ2n) is 9.57. The first-order valence-electron chi connectivity index (χ1n) is 12.9. The molecule has 3 nitrogen and oxygen atoms in total. The number of hydrogen-bond acceptors (Lipinski definition) is 3. The molecule has 0 unspecified atom stereocenters. The Balaban J connectivity index is 1.34. The van der Waals surface area contributed by atoms with Crippen LogP contribution in [-0.2, 0) is 12.5 Å². The molecule has 0 aliphatic heterocycles. The second kappa shape index (κ2) is 11.8. The third-order valence-corrected chi connectivity index (χ3v) is 6.53. The summed E-state index contributed by atoms with van der Waals surface area (Å²) in [5.74, 6) is -9.12. The topological polar surface area (TPSA) is 35.0 Å². The lowest BCUT2D eigenvalue weighted by molar-refractivity contribution is -0.189. The molecule has 0 aliphatic carbocycles. The minimum Gasteiger partial charge on any atom is -0.429 e. The first kappa shape index (κ1) is 29.7. The molecule has 1 aromatic heterocycles. The first-order chi connectivity index (χ1) is 20.5. The van der Waals surface area contributed by atoms with Crippen molar-refractivity contribution in [2.75, 3.05) is 0 Å². The van der Waals surface area contributed by atoms with Gasteiger partial charge in [-0.05, 0) is 71.1 Å². The summed E-state index contributed by atoms with van der Waals surface area (Å²) in [6, 6.07) is 11.1. The molecule has 0 bridgehead atoms. The molecule has 43 heavy (non-hydrogen) atoms. The van der Waals surface area contributed by atoms with Gasteiger partial charge in [-0.15, -0.1) is 0 Å². The molecule has 0 spiro atoms. The fourth-order valence-electron chi connectivity index (χ4n) is 4.46. The fraction of sp³-hybridized carbons (Fsp3) is 0.125. The highest BCUT2D eigenvalue weighted by Gasteiger charge is 2.41. The molecule has 0 amide bonds. The van der Waals surface area contributed by atoms with E-state index in [1.165, 1.54) is 36.7 Å². The van der Waals surface area contributed by atoms with Crippen molar-refractivity contribution < 1.29 is 39.9 Å². The first-order valence-corrected chi connectivity index (χ1v) is 12.9. The predicted octanol–water partition coefficient (Wildman–Crippen LogP) is 9.39. The summed E-state index contributed by atoms with van der Waals surface area (Å²) < 4.78 is 119. The van der Waals surface area contributed by atoms with Crippen molar-refractivity contribution in [1.29, 1.82) is 0 Å². The number of rotatable bonds is 8. The molecule has 0 saturated heterocycles. The molecule has 5 aromatic rings. The maximum atomic E-state index is 14.9. The number of halogens is 8. The molecule has 0 saturated carbocycles. The summed E-state index contributed by atoms with van der Waals surface area (Å²) >= 11 is 0. The Morgan fingerprint density at radius 3 is 1.72 bits per heavy atom. The number of aryl methyl sites for hydroxylation is 1.